The zero-order valence-electron chi connectivity index (χ0n) is 10.5. The molecule has 0 saturated heterocycles. The molecule has 0 heterocycles. The molecule has 0 N–H and O–H groups in total. The van der Waals surface area contributed by atoms with Gasteiger partial charge in [-0.2, -0.15) is 0 Å². The molecule has 1 aromatic rings. The molecule has 0 aliphatic heterocycles. The average molecular weight is 273 g/mol. The molecule has 1 aliphatic carbocycles. The molecular formula is C15H19ClF2. The minimum atomic E-state index is -0.780. The summed E-state index contributed by atoms with van der Waals surface area (Å²) in [6, 6.07) is 4.32. The number of hydrogen-bond donors (Lipinski definition) is 0. The third-order valence-electron chi connectivity index (χ3n) is 3.86. The first-order valence-electron chi connectivity index (χ1n) is 6.75. The van der Waals surface area contributed by atoms with Crippen LogP contribution in [0.3, 0.4) is 0 Å². The Labute approximate surface area is 112 Å². The lowest BCUT2D eigenvalue weighted by molar-refractivity contribution is 0.427. The van der Waals surface area contributed by atoms with Gasteiger partial charge in [0.2, 0.25) is 0 Å². The first kappa shape index (κ1) is 13.8. The summed E-state index contributed by atoms with van der Waals surface area (Å²) >= 11 is 6.40. The third kappa shape index (κ3) is 3.44. The van der Waals surface area contributed by atoms with Crippen molar-refractivity contribution in [3.63, 3.8) is 0 Å². The molecule has 0 bridgehead atoms. The highest BCUT2D eigenvalue weighted by atomic mass is 35.5. The zero-order chi connectivity index (χ0) is 13.0. The maximum atomic E-state index is 13.6. The first-order chi connectivity index (χ1) is 8.68. The number of alkyl halides is 1. The third-order valence-corrected chi connectivity index (χ3v) is 4.37. The van der Waals surface area contributed by atoms with Gasteiger partial charge in [0.25, 0.3) is 0 Å². The van der Waals surface area contributed by atoms with E-state index in [2.05, 4.69) is 0 Å². The molecule has 2 rings (SSSR count). The van der Waals surface area contributed by atoms with Gasteiger partial charge in [0, 0.05) is 5.38 Å². The summed E-state index contributed by atoms with van der Waals surface area (Å²) in [6.45, 7) is 0. The van der Waals surface area contributed by atoms with E-state index in [1.54, 1.807) is 12.1 Å². The van der Waals surface area contributed by atoms with Crippen LogP contribution in [0.5, 0.6) is 0 Å². The Balaban J connectivity index is 2.01. The van der Waals surface area contributed by atoms with Gasteiger partial charge in [0.15, 0.2) is 11.6 Å². The van der Waals surface area contributed by atoms with Crippen molar-refractivity contribution in [2.24, 2.45) is 5.92 Å². The Morgan fingerprint density at radius 2 is 1.78 bits per heavy atom. The van der Waals surface area contributed by atoms with Crippen LogP contribution >= 0.6 is 11.6 Å². The predicted octanol–water partition coefficient (Wildman–Crippen LogP) is 5.09. The second-order valence-electron chi connectivity index (χ2n) is 5.18. The number of rotatable bonds is 3. The lowest BCUT2D eigenvalue weighted by atomic mass is 9.92. The van der Waals surface area contributed by atoms with E-state index in [0.29, 0.717) is 17.9 Å². The van der Waals surface area contributed by atoms with E-state index in [-0.39, 0.29) is 5.38 Å². The molecular weight excluding hydrogens is 254 g/mol. The van der Waals surface area contributed by atoms with E-state index in [1.807, 2.05) is 0 Å². The Kier molecular flexibility index (Phi) is 4.99. The molecule has 1 aliphatic rings. The Morgan fingerprint density at radius 1 is 1.11 bits per heavy atom. The smallest absolute Gasteiger partial charge is 0.162 e. The summed E-state index contributed by atoms with van der Waals surface area (Å²) in [7, 11) is 0. The summed E-state index contributed by atoms with van der Waals surface area (Å²) < 4.78 is 26.7. The van der Waals surface area contributed by atoms with E-state index in [1.165, 1.54) is 25.7 Å². The fourth-order valence-corrected chi connectivity index (χ4v) is 3.17. The van der Waals surface area contributed by atoms with E-state index in [4.69, 9.17) is 11.6 Å². The van der Waals surface area contributed by atoms with Crippen LogP contribution in [0.4, 0.5) is 8.78 Å². The largest absolute Gasteiger partial charge is 0.204 e. The topological polar surface area (TPSA) is 0 Å². The van der Waals surface area contributed by atoms with Crippen molar-refractivity contribution in [2.75, 3.05) is 0 Å². The highest BCUT2D eigenvalue weighted by Gasteiger charge is 2.22. The van der Waals surface area contributed by atoms with Crippen LogP contribution in [0.25, 0.3) is 0 Å². The first-order valence-corrected chi connectivity index (χ1v) is 7.19. The van der Waals surface area contributed by atoms with E-state index >= 15 is 0 Å². The fraction of sp³-hybridized carbons (Fsp3) is 0.600. The average Bonchev–Trinajstić information content (AvgIpc) is 2.63. The normalized spacial score (nSPS) is 19.5. The van der Waals surface area contributed by atoms with Gasteiger partial charge in [-0.25, -0.2) is 8.78 Å². The molecule has 1 fully saturated rings. The van der Waals surface area contributed by atoms with Gasteiger partial charge in [-0.1, -0.05) is 37.8 Å². The summed E-state index contributed by atoms with van der Waals surface area (Å²) in [5, 5.41) is -0.0839. The predicted molar refractivity (Wildman–Crippen MR) is 70.9 cm³/mol. The van der Waals surface area contributed by atoms with E-state index in [0.717, 1.165) is 18.9 Å². The second-order valence-corrected chi connectivity index (χ2v) is 5.75. The summed E-state index contributed by atoms with van der Waals surface area (Å²) in [4.78, 5) is 0. The van der Waals surface area contributed by atoms with Crippen LogP contribution in [0, 0.1) is 17.6 Å². The van der Waals surface area contributed by atoms with Gasteiger partial charge in [0.1, 0.15) is 0 Å². The second kappa shape index (κ2) is 6.51. The van der Waals surface area contributed by atoms with Gasteiger partial charge in [-0.15, -0.1) is 11.6 Å². The molecule has 0 amide bonds. The van der Waals surface area contributed by atoms with Gasteiger partial charge in [-0.3, -0.25) is 0 Å². The zero-order valence-corrected chi connectivity index (χ0v) is 11.2. The maximum Gasteiger partial charge on any atom is 0.162 e. The van der Waals surface area contributed by atoms with Crippen molar-refractivity contribution in [1.82, 2.24) is 0 Å². The van der Waals surface area contributed by atoms with Gasteiger partial charge in [0.05, 0.1) is 0 Å². The molecule has 18 heavy (non-hydrogen) atoms. The van der Waals surface area contributed by atoms with Crippen LogP contribution in [-0.4, -0.2) is 5.38 Å². The highest BCUT2D eigenvalue weighted by molar-refractivity contribution is 6.20. The van der Waals surface area contributed by atoms with Crippen molar-refractivity contribution in [3.05, 3.63) is 35.4 Å². The van der Waals surface area contributed by atoms with Gasteiger partial charge in [-0.05, 0) is 36.8 Å². The van der Waals surface area contributed by atoms with Crippen molar-refractivity contribution < 1.29 is 8.78 Å². The van der Waals surface area contributed by atoms with Crippen LogP contribution in [0.1, 0.15) is 44.1 Å². The number of hydrogen-bond acceptors (Lipinski definition) is 0. The number of halogens is 3. The van der Waals surface area contributed by atoms with Crippen molar-refractivity contribution in [3.8, 4) is 0 Å². The molecule has 1 unspecified atom stereocenters. The lowest BCUT2D eigenvalue weighted by Gasteiger charge is -2.20. The molecule has 0 nitrogen and oxygen atoms in total. The Hall–Kier alpha value is -0.630. The van der Waals surface area contributed by atoms with Crippen LogP contribution in [-0.2, 0) is 6.42 Å². The maximum absolute atomic E-state index is 13.6. The number of benzene rings is 1. The summed E-state index contributed by atoms with van der Waals surface area (Å²) in [5.74, 6) is -1.08. The van der Waals surface area contributed by atoms with Crippen LogP contribution < -0.4 is 0 Å². The monoisotopic (exact) mass is 272 g/mol. The Morgan fingerprint density at radius 3 is 2.44 bits per heavy atom. The molecule has 1 atom stereocenters. The van der Waals surface area contributed by atoms with Crippen molar-refractivity contribution in [2.45, 2.75) is 50.3 Å². The summed E-state index contributed by atoms with van der Waals surface area (Å²) in [5.41, 5.74) is 0.402. The molecule has 0 radical (unpaired) electrons. The molecule has 1 aromatic carbocycles. The molecule has 3 heteroatoms. The molecule has 0 aromatic heterocycles. The molecule has 0 spiro atoms. The SMILES string of the molecule is Fc1cccc(CC(Cl)C2CCCCCC2)c1F. The van der Waals surface area contributed by atoms with Crippen molar-refractivity contribution in [1.29, 1.82) is 0 Å². The van der Waals surface area contributed by atoms with E-state index in [9.17, 15) is 8.78 Å². The highest BCUT2D eigenvalue weighted by Crippen LogP contribution is 2.30. The standard InChI is InChI=1S/C15H19ClF2/c16-13(11-6-3-1-2-4-7-11)10-12-8-5-9-14(17)15(12)18/h5,8-9,11,13H,1-4,6-7,10H2. The fourth-order valence-electron chi connectivity index (χ4n) is 2.76. The van der Waals surface area contributed by atoms with Crippen molar-refractivity contribution >= 4 is 11.6 Å². The van der Waals surface area contributed by atoms with Crippen LogP contribution in [0.2, 0.25) is 0 Å². The lowest BCUT2D eigenvalue weighted by Crippen LogP contribution is -2.18. The van der Waals surface area contributed by atoms with Gasteiger partial charge >= 0.3 is 0 Å². The minimum absolute atomic E-state index is 0.0839. The van der Waals surface area contributed by atoms with Gasteiger partial charge < -0.3 is 0 Å². The quantitative estimate of drug-likeness (QED) is 0.531. The van der Waals surface area contributed by atoms with Crippen LogP contribution in [0.15, 0.2) is 18.2 Å². The Bertz CT molecular complexity index is 384. The summed E-state index contributed by atoms with van der Waals surface area (Å²) in [6.07, 6.45) is 7.62. The molecule has 100 valence electrons. The van der Waals surface area contributed by atoms with E-state index < -0.39 is 11.6 Å². The molecule has 1 saturated carbocycles. The minimum Gasteiger partial charge on any atom is -0.204 e.